The van der Waals surface area contributed by atoms with Crippen LogP contribution in [-0.4, -0.2) is 31.6 Å². The second-order valence-electron chi connectivity index (χ2n) is 5.00. The van der Waals surface area contributed by atoms with Crippen LogP contribution in [0.5, 0.6) is 0 Å². The fraction of sp³-hybridized carbons (Fsp3) is 0.357. The highest BCUT2D eigenvalue weighted by atomic mass is 35.5. The Kier molecular flexibility index (Phi) is 3.91. The Morgan fingerprint density at radius 2 is 2.24 bits per heavy atom. The molecular formula is C14H14ClN3O2S. The van der Waals surface area contributed by atoms with Crippen LogP contribution in [0, 0.1) is 6.92 Å². The van der Waals surface area contributed by atoms with Crippen molar-refractivity contribution >= 4 is 29.3 Å². The molecule has 0 unspecified atom stereocenters. The first-order chi connectivity index (χ1) is 10.1. The minimum atomic E-state index is -0.856. The van der Waals surface area contributed by atoms with E-state index in [0.717, 1.165) is 29.8 Å². The van der Waals surface area contributed by atoms with E-state index in [4.69, 9.17) is 16.7 Å². The topological polar surface area (TPSA) is 68.0 Å². The molecule has 1 saturated carbocycles. The van der Waals surface area contributed by atoms with Crippen LogP contribution in [0.25, 0.3) is 11.4 Å². The smallest absolute Gasteiger partial charge is 0.313 e. The van der Waals surface area contributed by atoms with E-state index in [1.54, 1.807) is 0 Å². The third kappa shape index (κ3) is 2.91. The molecule has 7 heteroatoms. The quantitative estimate of drug-likeness (QED) is 0.854. The molecule has 1 aromatic heterocycles. The highest BCUT2D eigenvalue weighted by Gasteiger charge is 2.30. The Labute approximate surface area is 131 Å². The van der Waals surface area contributed by atoms with Crippen molar-refractivity contribution in [2.24, 2.45) is 0 Å². The molecule has 1 heterocycles. The number of carboxylic acids is 1. The fourth-order valence-electron chi connectivity index (χ4n) is 2.20. The molecule has 0 spiro atoms. The van der Waals surface area contributed by atoms with Crippen LogP contribution in [0.4, 0.5) is 0 Å². The van der Waals surface area contributed by atoms with Crippen LogP contribution >= 0.6 is 23.4 Å². The second-order valence-corrected chi connectivity index (χ2v) is 6.35. The number of hydrogen-bond donors (Lipinski definition) is 1. The van der Waals surface area contributed by atoms with E-state index in [2.05, 4.69) is 10.2 Å². The maximum Gasteiger partial charge on any atom is 0.313 e. The zero-order valence-electron chi connectivity index (χ0n) is 11.4. The van der Waals surface area contributed by atoms with E-state index in [-0.39, 0.29) is 5.75 Å². The van der Waals surface area contributed by atoms with Gasteiger partial charge in [-0.3, -0.25) is 9.36 Å². The third-order valence-corrected chi connectivity index (χ3v) is 4.75. The number of nitrogens with zero attached hydrogens (tertiary/aromatic N) is 3. The minimum absolute atomic E-state index is 0.0145. The van der Waals surface area contributed by atoms with Gasteiger partial charge in [0.15, 0.2) is 11.0 Å². The van der Waals surface area contributed by atoms with Gasteiger partial charge < -0.3 is 5.11 Å². The van der Waals surface area contributed by atoms with Gasteiger partial charge in [0.1, 0.15) is 0 Å². The summed E-state index contributed by atoms with van der Waals surface area (Å²) >= 11 is 7.39. The molecule has 0 radical (unpaired) electrons. The van der Waals surface area contributed by atoms with Gasteiger partial charge in [-0.15, -0.1) is 10.2 Å². The number of benzene rings is 1. The Morgan fingerprint density at radius 3 is 2.90 bits per heavy atom. The number of aromatic nitrogens is 3. The van der Waals surface area contributed by atoms with Gasteiger partial charge in [-0.05, 0) is 31.4 Å². The highest BCUT2D eigenvalue weighted by molar-refractivity contribution is 7.99. The molecule has 110 valence electrons. The summed E-state index contributed by atoms with van der Waals surface area (Å²) in [7, 11) is 0. The van der Waals surface area contributed by atoms with Gasteiger partial charge in [0.2, 0.25) is 0 Å². The number of thioether (sulfide) groups is 1. The summed E-state index contributed by atoms with van der Waals surface area (Å²) < 4.78 is 2.05. The van der Waals surface area contributed by atoms with E-state index in [1.165, 1.54) is 11.8 Å². The summed E-state index contributed by atoms with van der Waals surface area (Å²) in [5, 5.41) is 18.6. The molecule has 21 heavy (non-hydrogen) atoms. The fourth-order valence-corrected chi connectivity index (χ4v) is 3.10. The number of carbonyl (C=O) groups is 1. The van der Waals surface area contributed by atoms with Gasteiger partial charge in [-0.1, -0.05) is 35.5 Å². The largest absolute Gasteiger partial charge is 0.481 e. The van der Waals surface area contributed by atoms with Crippen molar-refractivity contribution < 1.29 is 9.90 Å². The lowest BCUT2D eigenvalue weighted by molar-refractivity contribution is -0.133. The molecule has 0 atom stereocenters. The molecule has 1 aromatic carbocycles. The Hall–Kier alpha value is -1.53. The van der Waals surface area contributed by atoms with Gasteiger partial charge >= 0.3 is 5.97 Å². The maximum absolute atomic E-state index is 10.7. The predicted octanol–water partition coefficient (Wildman–Crippen LogP) is 3.42. The number of hydrogen-bond acceptors (Lipinski definition) is 4. The average Bonchev–Trinajstić information content (AvgIpc) is 3.20. The molecule has 0 saturated heterocycles. The molecule has 0 aliphatic heterocycles. The molecule has 5 nitrogen and oxygen atoms in total. The summed E-state index contributed by atoms with van der Waals surface area (Å²) in [5.41, 5.74) is 1.91. The van der Waals surface area contributed by atoms with Gasteiger partial charge in [0.05, 0.1) is 5.75 Å². The predicted molar refractivity (Wildman–Crippen MR) is 81.8 cm³/mol. The van der Waals surface area contributed by atoms with Crippen LogP contribution < -0.4 is 0 Å². The van der Waals surface area contributed by atoms with Gasteiger partial charge in [0.25, 0.3) is 0 Å². The normalized spacial score (nSPS) is 14.4. The van der Waals surface area contributed by atoms with Crippen molar-refractivity contribution in [3.05, 3.63) is 28.8 Å². The summed E-state index contributed by atoms with van der Waals surface area (Å²) in [6.45, 7) is 1.95. The lowest BCUT2D eigenvalue weighted by atomic mass is 10.1. The Balaban J connectivity index is 2.02. The van der Waals surface area contributed by atoms with Crippen LogP contribution in [0.3, 0.4) is 0 Å². The maximum atomic E-state index is 10.7. The van der Waals surface area contributed by atoms with E-state index in [9.17, 15) is 4.79 Å². The zero-order valence-corrected chi connectivity index (χ0v) is 13.0. The van der Waals surface area contributed by atoms with Gasteiger partial charge in [0, 0.05) is 16.6 Å². The van der Waals surface area contributed by atoms with Crippen LogP contribution in [0.1, 0.15) is 24.4 Å². The van der Waals surface area contributed by atoms with E-state index in [0.29, 0.717) is 16.2 Å². The summed E-state index contributed by atoms with van der Waals surface area (Å²) in [6.07, 6.45) is 2.15. The van der Waals surface area contributed by atoms with Gasteiger partial charge in [-0.25, -0.2) is 0 Å². The lowest BCUT2D eigenvalue weighted by Crippen LogP contribution is -2.03. The first-order valence-corrected chi connectivity index (χ1v) is 7.99. The third-order valence-electron chi connectivity index (χ3n) is 3.41. The standard InChI is InChI=1S/C14H14ClN3O2S/c1-8-10(3-2-4-11(8)15)13-16-17-14(21-7-12(19)20)18(13)9-5-6-9/h2-4,9H,5-7H2,1H3,(H,19,20). The number of rotatable bonds is 5. The molecule has 1 aliphatic rings. The number of halogens is 1. The minimum Gasteiger partial charge on any atom is -0.481 e. The number of carboxylic acid groups (broad SMARTS) is 1. The molecule has 2 aromatic rings. The highest BCUT2D eigenvalue weighted by Crippen LogP contribution is 2.41. The molecule has 0 bridgehead atoms. The van der Waals surface area contributed by atoms with Crippen LogP contribution in [0.15, 0.2) is 23.4 Å². The van der Waals surface area contributed by atoms with E-state index < -0.39 is 5.97 Å². The summed E-state index contributed by atoms with van der Waals surface area (Å²) in [5.74, 6) is -0.101. The molecule has 3 rings (SSSR count). The second kappa shape index (κ2) is 5.69. The van der Waals surface area contributed by atoms with Crippen molar-refractivity contribution in [2.45, 2.75) is 31.0 Å². The summed E-state index contributed by atoms with van der Waals surface area (Å²) in [6, 6.07) is 6.07. The Bertz CT molecular complexity index is 698. The van der Waals surface area contributed by atoms with E-state index in [1.807, 2.05) is 29.7 Å². The van der Waals surface area contributed by atoms with Gasteiger partial charge in [-0.2, -0.15) is 0 Å². The molecular weight excluding hydrogens is 310 g/mol. The SMILES string of the molecule is Cc1c(Cl)cccc1-c1nnc(SCC(=O)O)n1C1CC1. The molecule has 1 aliphatic carbocycles. The molecule has 0 amide bonds. The first-order valence-electron chi connectivity index (χ1n) is 6.63. The van der Waals surface area contributed by atoms with Crippen molar-refractivity contribution in [3.8, 4) is 11.4 Å². The first kappa shape index (κ1) is 14.4. The van der Waals surface area contributed by atoms with Crippen molar-refractivity contribution in [1.82, 2.24) is 14.8 Å². The lowest BCUT2D eigenvalue weighted by Gasteiger charge is -2.10. The molecule has 1 N–H and O–H groups in total. The average molecular weight is 324 g/mol. The summed E-state index contributed by atoms with van der Waals surface area (Å²) in [4.78, 5) is 10.7. The number of aliphatic carboxylic acids is 1. The molecule has 1 fully saturated rings. The van der Waals surface area contributed by atoms with Crippen LogP contribution in [-0.2, 0) is 4.79 Å². The van der Waals surface area contributed by atoms with Crippen LogP contribution in [0.2, 0.25) is 5.02 Å². The van der Waals surface area contributed by atoms with E-state index >= 15 is 0 Å². The zero-order chi connectivity index (χ0) is 15.0. The van der Waals surface area contributed by atoms with Crippen molar-refractivity contribution in [1.29, 1.82) is 0 Å². The monoisotopic (exact) mass is 323 g/mol. The Morgan fingerprint density at radius 1 is 1.48 bits per heavy atom. The van der Waals surface area contributed by atoms with Crippen molar-refractivity contribution in [3.63, 3.8) is 0 Å². The van der Waals surface area contributed by atoms with Crippen molar-refractivity contribution in [2.75, 3.05) is 5.75 Å².